The molecule has 2 aromatic heterocycles. The Labute approximate surface area is 346 Å². The van der Waals surface area contributed by atoms with Gasteiger partial charge in [0.1, 0.15) is 0 Å². The molecule has 0 aliphatic heterocycles. The fraction of sp³-hybridized carbons (Fsp3) is 0. The summed E-state index contributed by atoms with van der Waals surface area (Å²) in [6.45, 7) is 7.37. The lowest BCUT2D eigenvalue weighted by Crippen LogP contribution is -2.00. The molecule has 0 amide bonds. The van der Waals surface area contributed by atoms with Gasteiger partial charge in [-0.3, -0.25) is 4.98 Å². The number of pyridine rings is 1. The van der Waals surface area contributed by atoms with Crippen LogP contribution in [0.2, 0.25) is 0 Å². The maximum absolute atomic E-state index is 7.37. The Bertz CT molecular complexity index is 3420. The van der Waals surface area contributed by atoms with Crippen molar-refractivity contribution in [2.75, 3.05) is 0 Å². The highest BCUT2D eigenvalue weighted by atomic mass is 15.0. The first-order chi connectivity index (χ1) is 29.7. The zero-order valence-corrected chi connectivity index (χ0v) is 32.3. The van der Waals surface area contributed by atoms with Gasteiger partial charge in [-0.25, -0.2) is 19.8 Å². The molecule has 0 radical (unpaired) electrons. The van der Waals surface area contributed by atoms with Crippen molar-refractivity contribution in [3.8, 4) is 67.5 Å². The van der Waals surface area contributed by atoms with Crippen LogP contribution < -0.4 is 0 Å². The van der Waals surface area contributed by atoms with Gasteiger partial charge in [0.05, 0.1) is 12.1 Å². The molecule has 278 valence electrons. The van der Waals surface area contributed by atoms with Crippen LogP contribution in [0.15, 0.2) is 200 Å². The Hall–Kier alpha value is -8.33. The molecular formula is C55H33N5. The topological polar surface area (TPSA) is 55.9 Å². The molecule has 0 saturated carbocycles. The largest absolute Gasteiger partial charge is 0.256 e. The zero-order valence-electron chi connectivity index (χ0n) is 32.3. The Morgan fingerprint density at radius 3 is 1.62 bits per heavy atom. The van der Waals surface area contributed by atoms with Crippen molar-refractivity contribution >= 4 is 48.9 Å². The van der Waals surface area contributed by atoms with Crippen molar-refractivity contribution in [3.05, 3.63) is 212 Å². The summed E-state index contributed by atoms with van der Waals surface area (Å²) < 4.78 is 0. The molecule has 0 fully saturated rings. The van der Waals surface area contributed by atoms with E-state index in [0.717, 1.165) is 71.6 Å². The van der Waals surface area contributed by atoms with Crippen LogP contribution >= 0.6 is 0 Å². The van der Waals surface area contributed by atoms with Crippen molar-refractivity contribution in [2.45, 2.75) is 0 Å². The SMILES string of the molecule is [C-]#[N+]c1ccc2cc(-c3ccc(-c4cc5c6cccnc6c(-c6cccc(-c7nc(-c8ccccc8)nc(-c8ccccc8)n7)c6)cc5c5ccccc45)cc3)ccc2c1. The third-order valence-corrected chi connectivity index (χ3v) is 11.3. The second-order valence-corrected chi connectivity index (χ2v) is 14.9. The lowest BCUT2D eigenvalue weighted by atomic mass is 9.88. The molecule has 0 atom stereocenters. The molecule has 0 N–H and O–H groups in total. The molecule has 0 saturated heterocycles. The van der Waals surface area contributed by atoms with Gasteiger partial charge in [-0.2, -0.15) is 0 Å². The summed E-state index contributed by atoms with van der Waals surface area (Å²) in [7, 11) is 0. The second kappa shape index (κ2) is 14.6. The summed E-state index contributed by atoms with van der Waals surface area (Å²) >= 11 is 0. The van der Waals surface area contributed by atoms with Crippen LogP contribution in [0.25, 0.3) is 116 Å². The van der Waals surface area contributed by atoms with Crippen LogP contribution in [-0.4, -0.2) is 19.9 Å². The first-order valence-corrected chi connectivity index (χ1v) is 19.9. The number of hydrogen-bond donors (Lipinski definition) is 0. The van der Waals surface area contributed by atoms with Crippen molar-refractivity contribution in [1.82, 2.24) is 19.9 Å². The van der Waals surface area contributed by atoms with Crippen molar-refractivity contribution in [1.29, 1.82) is 0 Å². The van der Waals surface area contributed by atoms with Gasteiger partial charge >= 0.3 is 0 Å². The van der Waals surface area contributed by atoms with Gasteiger partial charge < -0.3 is 0 Å². The summed E-state index contributed by atoms with van der Waals surface area (Å²) in [4.78, 5) is 23.6. The minimum Gasteiger partial charge on any atom is -0.256 e. The number of hydrogen-bond acceptors (Lipinski definition) is 4. The van der Waals surface area contributed by atoms with Crippen molar-refractivity contribution < 1.29 is 0 Å². The Morgan fingerprint density at radius 2 is 0.883 bits per heavy atom. The number of aromatic nitrogens is 4. The van der Waals surface area contributed by atoms with Gasteiger partial charge in [0.2, 0.25) is 0 Å². The van der Waals surface area contributed by atoms with E-state index in [1.807, 2.05) is 91.1 Å². The smallest absolute Gasteiger partial charge is 0.187 e. The van der Waals surface area contributed by atoms with Crippen LogP contribution in [0.5, 0.6) is 0 Å². The first kappa shape index (κ1) is 34.9. The Morgan fingerprint density at radius 1 is 0.333 bits per heavy atom. The Kier molecular flexibility index (Phi) is 8.46. The minimum absolute atomic E-state index is 0.611. The average Bonchev–Trinajstić information content (AvgIpc) is 3.33. The number of nitrogens with zero attached hydrogens (tertiary/aromatic N) is 5. The molecule has 11 aromatic rings. The molecule has 0 bridgehead atoms. The summed E-state index contributed by atoms with van der Waals surface area (Å²) in [5, 5.41) is 7.98. The van der Waals surface area contributed by atoms with Crippen LogP contribution in [0.1, 0.15) is 0 Å². The quantitative estimate of drug-likeness (QED) is 0.125. The summed E-state index contributed by atoms with van der Waals surface area (Å²) in [5.74, 6) is 1.87. The molecule has 9 aromatic carbocycles. The van der Waals surface area contributed by atoms with E-state index < -0.39 is 0 Å². The van der Waals surface area contributed by atoms with E-state index in [1.165, 1.54) is 21.7 Å². The van der Waals surface area contributed by atoms with E-state index >= 15 is 0 Å². The van der Waals surface area contributed by atoms with Crippen LogP contribution in [0, 0.1) is 6.57 Å². The lowest BCUT2D eigenvalue weighted by Gasteiger charge is -2.16. The van der Waals surface area contributed by atoms with Gasteiger partial charge in [-0.05, 0) is 96.5 Å². The summed E-state index contributed by atoms with van der Waals surface area (Å²) in [6, 6.07) is 67.3. The molecule has 5 heteroatoms. The highest BCUT2D eigenvalue weighted by molar-refractivity contribution is 6.23. The summed E-state index contributed by atoms with van der Waals surface area (Å²) in [5.41, 5.74) is 11.0. The first-order valence-electron chi connectivity index (χ1n) is 19.9. The van der Waals surface area contributed by atoms with Crippen molar-refractivity contribution in [3.63, 3.8) is 0 Å². The molecule has 0 spiro atoms. The highest BCUT2D eigenvalue weighted by Crippen LogP contribution is 2.42. The predicted octanol–water partition coefficient (Wildman–Crippen LogP) is 14.4. The van der Waals surface area contributed by atoms with Gasteiger partial charge in [-0.1, -0.05) is 158 Å². The molecule has 11 rings (SSSR count). The molecule has 2 heterocycles. The molecular weight excluding hydrogens is 731 g/mol. The highest BCUT2D eigenvalue weighted by Gasteiger charge is 2.17. The van der Waals surface area contributed by atoms with Gasteiger partial charge in [0, 0.05) is 33.8 Å². The predicted molar refractivity (Wildman–Crippen MR) is 247 cm³/mol. The van der Waals surface area contributed by atoms with Gasteiger partial charge in [-0.15, -0.1) is 0 Å². The van der Waals surface area contributed by atoms with Gasteiger partial charge in [0.15, 0.2) is 23.2 Å². The van der Waals surface area contributed by atoms with E-state index in [1.54, 1.807) is 0 Å². The van der Waals surface area contributed by atoms with E-state index in [-0.39, 0.29) is 0 Å². The molecule has 60 heavy (non-hydrogen) atoms. The maximum atomic E-state index is 7.37. The molecule has 0 aliphatic carbocycles. The number of benzene rings is 9. The molecule has 0 unspecified atom stereocenters. The van der Waals surface area contributed by atoms with Gasteiger partial charge in [0.25, 0.3) is 0 Å². The van der Waals surface area contributed by atoms with E-state index in [0.29, 0.717) is 23.2 Å². The molecule has 5 nitrogen and oxygen atoms in total. The third-order valence-electron chi connectivity index (χ3n) is 11.3. The van der Waals surface area contributed by atoms with E-state index in [4.69, 9.17) is 26.5 Å². The number of rotatable bonds is 6. The second-order valence-electron chi connectivity index (χ2n) is 14.9. The fourth-order valence-corrected chi connectivity index (χ4v) is 8.37. The average molecular weight is 764 g/mol. The fourth-order valence-electron chi connectivity index (χ4n) is 8.37. The zero-order chi connectivity index (χ0) is 40.0. The van der Waals surface area contributed by atoms with Crippen LogP contribution in [0.4, 0.5) is 5.69 Å². The third kappa shape index (κ3) is 6.21. The standard InChI is InChI=1S/C55H33N5/c1-56-44-28-27-40-30-39(25-26-41(40)32-44)35-21-23-36(24-22-35)48-33-51-47-20-11-29-57-52(47)49(34-50(51)46-19-9-8-18-45(46)48)42-16-10-17-43(31-42)55-59-53(37-12-4-2-5-13-37)58-54(60-55)38-14-6-3-7-15-38/h2-34H. The van der Waals surface area contributed by atoms with Crippen LogP contribution in [-0.2, 0) is 0 Å². The monoisotopic (exact) mass is 763 g/mol. The minimum atomic E-state index is 0.611. The maximum Gasteiger partial charge on any atom is 0.187 e. The number of fused-ring (bicyclic) bond motifs is 6. The lowest BCUT2D eigenvalue weighted by molar-refractivity contribution is 1.07. The van der Waals surface area contributed by atoms with E-state index in [9.17, 15) is 0 Å². The van der Waals surface area contributed by atoms with Crippen molar-refractivity contribution in [2.24, 2.45) is 0 Å². The Balaban J connectivity index is 1.03. The van der Waals surface area contributed by atoms with Crippen LogP contribution in [0.3, 0.4) is 0 Å². The summed E-state index contributed by atoms with van der Waals surface area (Å²) in [6.07, 6.45) is 1.88. The normalized spacial score (nSPS) is 11.3. The molecule has 0 aliphatic rings. The van der Waals surface area contributed by atoms with E-state index in [2.05, 4.69) is 114 Å².